The second kappa shape index (κ2) is 2.22. The molecular formula is C7H11NO3. The minimum absolute atomic E-state index is 0.287. The van der Waals surface area contributed by atoms with E-state index in [9.17, 15) is 9.59 Å². The molecule has 1 N–H and O–H groups in total. The molecule has 1 rings (SSSR count). The third kappa shape index (κ3) is 1.20. The molecule has 0 bridgehead atoms. The Kier molecular flexibility index (Phi) is 1.62. The fourth-order valence-corrected chi connectivity index (χ4v) is 1.15. The molecule has 62 valence electrons. The van der Waals surface area contributed by atoms with Crippen molar-refractivity contribution >= 4 is 12.0 Å². The predicted molar refractivity (Wildman–Crippen MR) is 38.1 cm³/mol. The van der Waals surface area contributed by atoms with Gasteiger partial charge in [-0.2, -0.15) is 0 Å². The van der Waals surface area contributed by atoms with E-state index in [4.69, 9.17) is 5.11 Å². The Bertz CT molecular complexity index is 210. The minimum Gasteiger partial charge on any atom is -0.465 e. The monoisotopic (exact) mass is 157 g/mol. The van der Waals surface area contributed by atoms with E-state index in [0.717, 1.165) is 4.90 Å². The first-order chi connectivity index (χ1) is 4.95. The average Bonchev–Trinajstić information content (AvgIpc) is 2.09. The maximum atomic E-state index is 11.2. The summed E-state index contributed by atoms with van der Waals surface area (Å²) < 4.78 is 0. The van der Waals surface area contributed by atoms with Crippen molar-refractivity contribution in [1.29, 1.82) is 0 Å². The molecule has 0 aromatic rings. The maximum absolute atomic E-state index is 11.2. The first-order valence-corrected chi connectivity index (χ1v) is 3.50. The molecule has 2 amide bonds. The number of carbonyl (C=O) groups excluding carboxylic acids is 1. The number of rotatable bonds is 0. The molecule has 1 fully saturated rings. The summed E-state index contributed by atoms with van der Waals surface area (Å²) in [5.74, 6) is -0.287. The second-order valence-electron chi connectivity index (χ2n) is 3.37. The standard InChI is InChI=1S/C7H11NO3/c1-7(2)3-4-8(5(7)9)6(10)11/h3-4H2,1-2H3,(H,10,11). The lowest BCUT2D eigenvalue weighted by Crippen LogP contribution is -2.34. The van der Waals surface area contributed by atoms with E-state index in [-0.39, 0.29) is 5.91 Å². The first-order valence-electron chi connectivity index (χ1n) is 3.50. The van der Waals surface area contributed by atoms with Crippen LogP contribution in [0, 0.1) is 5.41 Å². The van der Waals surface area contributed by atoms with E-state index >= 15 is 0 Å². The summed E-state index contributed by atoms with van der Waals surface area (Å²) in [6, 6.07) is 0. The topological polar surface area (TPSA) is 57.6 Å². The zero-order valence-electron chi connectivity index (χ0n) is 6.63. The van der Waals surface area contributed by atoms with E-state index in [1.807, 2.05) is 0 Å². The molecule has 4 nitrogen and oxygen atoms in total. The highest BCUT2D eigenvalue weighted by Gasteiger charge is 2.41. The van der Waals surface area contributed by atoms with E-state index < -0.39 is 11.5 Å². The number of hydrogen-bond donors (Lipinski definition) is 1. The average molecular weight is 157 g/mol. The molecule has 0 unspecified atom stereocenters. The number of amides is 2. The Hall–Kier alpha value is -1.06. The molecule has 1 aliphatic heterocycles. The van der Waals surface area contributed by atoms with Crippen LogP contribution in [0.4, 0.5) is 4.79 Å². The summed E-state index contributed by atoms with van der Waals surface area (Å²) in [5, 5.41) is 8.52. The van der Waals surface area contributed by atoms with E-state index in [0.29, 0.717) is 13.0 Å². The molecule has 0 atom stereocenters. The van der Waals surface area contributed by atoms with Gasteiger partial charge >= 0.3 is 6.09 Å². The van der Waals surface area contributed by atoms with Crippen molar-refractivity contribution in [3.8, 4) is 0 Å². The van der Waals surface area contributed by atoms with Crippen LogP contribution >= 0.6 is 0 Å². The molecule has 0 saturated carbocycles. The lowest BCUT2D eigenvalue weighted by atomic mass is 9.92. The van der Waals surface area contributed by atoms with Crippen LogP contribution in [0.3, 0.4) is 0 Å². The van der Waals surface area contributed by atoms with Crippen molar-refractivity contribution < 1.29 is 14.7 Å². The Morgan fingerprint density at radius 3 is 2.36 bits per heavy atom. The van der Waals surface area contributed by atoms with Crippen molar-refractivity contribution in [1.82, 2.24) is 4.90 Å². The molecule has 1 heterocycles. The van der Waals surface area contributed by atoms with Crippen LogP contribution in [0.1, 0.15) is 20.3 Å². The highest BCUT2D eigenvalue weighted by molar-refractivity contribution is 5.96. The number of nitrogens with zero attached hydrogens (tertiary/aromatic N) is 1. The number of carboxylic acid groups (broad SMARTS) is 1. The van der Waals surface area contributed by atoms with Crippen molar-refractivity contribution in [2.45, 2.75) is 20.3 Å². The van der Waals surface area contributed by atoms with Gasteiger partial charge in [-0.3, -0.25) is 4.79 Å². The van der Waals surface area contributed by atoms with Crippen LogP contribution in [0.2, 0.25) is 0 Å². The van der Waals surface area contributed by atoms with Crippen LogP contribution in [-0.2, 0) is 4.79 Å². The maximum Gasteiger partial charge on any atom is 0.414 e. The summed E-state index contributed by atoms with van der Waals surface area (Å²) in [6.07, 6.45) is -0.515. The Balaban J connectivity index is 2.79. The van der Waals surface area contributed by atoms with Gasteiger partial charge in [-0.1, -0.05) is 13.8 Å². The number of carbonyl (C=O) groups is 2. The third-order valence-corrected chi connectivity index (χ3v) is 2.02. The number of likely N-dealkylation sites (tertiary alicyclic amines) is 1. The Labute approximate surface area is 64.8 Å². The highest BCUT2D eigenvalue weighted by Crippen LogP contribution is 2.30. The summed E-state index contributed by atoms with van der Waals surface area (Å²) in [6.45, 7) is 3.86. The van der Waals surface area contributed by atoms with E-state index in [2.05, 4.69) is 0 Å². The van der Waals surface area contributed by atoms with Gasteiger partial charge in [-0.25, -0.2) is 9.69 Å². The van der Waals surface area contributed by atoms with Gasteiger partial charge in [0.05, 0.1) is 0 Å². The predicted octanol–water partition coefficient (Wildman–Crippen LogP) is 0.923. The molecular weight excluding hydrogens is 146 g/mol. The zero-order valence-corrected chi connectivity index (χ0v) is 6.63. The second-order valence-corrected chi connectivity index (χ2v) is 3.37. The fraction of sp³-hybridized carbons (Fsp3) is 0.714. The largest absolute Gasteiger partial charge is 0.465 e. The lowest BCUT2D eigenvalue weighted by molar-refractivity contribution is -0.132. The van der Waals surface area contributed by atoms with E-state index in [1.165, 1.54) is 0 Å². The number of imide groups is 1. The van der Waals surface area contributed by atoms with Crippen LogP contribution < -0.4 is 0 Å². The van der Waals surface area contributed by atoms with Gasteiger partial charge in [0.15, 0.2) is 0 Å². The Morgan fingerprint density at radius 1 is 1.64 bits per heavy atom. The number of hydrogen-bond acceptors (Lipinski definition) is 2. The molecule has 0 aromatic heterocycles. The normalized spacial score (nSPS) is 22.4. The minimum atomic E-state index is -1.14. The molecule has 11 heavy (non-hydrogen) atoms. The Morgan fingerprint density at radius 2 is 2.18 bits per heavy atom. The molecule has 0 spiro atoms. The van der Waals surface area contributed by atoms with E-state index in [1.54, 1.807) is 13.8 Å². The van der Waals surface area contributed by atoms with Gasteiger partial charge in [-0.15, -0.1) is 0 Å². The van der Waals surface area contributed by atoms with Gasteiger partial charge in [-0.05, 0) is 6.42 Å². The highest BCUT2D eigenvalue weighted by atomic mass is 16.4. The van der Waals surface area contributed by atoms with Crippen LogP contribution in [0.15, 0.2) is 0 Å². The van der Waals surface area contributed by atoms with Gasteiger partial charge < -0.3 is 5.11 Å². The molecule has 4 heteroatoms. The summed E-state index contributed by atoms with van der Waals surface area (Å²) in [4.78, 5) is 22.5. The van der Waals surface area contributed by atoms with Gasteiger partial charge in [0.1, 0.15) is 0 Å². The molecule has 1 saturated heterocycles. The first kappa shape index (κ1) is 8.04. The van der Waals surface area contributed by atoms with Crippen molar-refractivity contribution in [2.24, 2.45) is 5.41 Å². The van der Waals surface area contributed by atoms with Gasteiger partial charge in [0, 0.05) is 12.0 Å². The van der Waals surface area contributed by atoms with Crippen LogP contribution in [-0.4, -0.2) is 28.6 Å². The third-order valence-electron chi connectivity index (χ3n) is 2.02. The van der Waals surface area contributed by atoms with Crippen molar-refractivity contribution in [2.75, 3.05) is 6.54 Å². The van der Waals surface area contributed by atoms with Crippen LogP contribution in [0.25, 0.3) is 0 Å². The van der Waals surface area contributed by atoms with Gasteiger partial charge in [0.25, 0.3) is 0 Å². The fourth-order valence-electron chi connectivity index (χ4n) is 1.15. The lowest BCUT2D eigenvalue weighted by Gasteiger charge is -2.14. The van der Waals surface area contributed by atoms with Crippen molar-refractivity contribution in [3.05, 3.63) is 0 Å². The quantitative estimate of drug-likeness (QED) is 0.568. The molecule has 0 aromatic carbocycles. The van der Waals surface area contributed by atoms with Crippen molar-refractivity contribution in [3.63, 3.8) is 0 Å². The molecule has 0 aliphatic carbocycles. The summed E-state index contributed by atoms with van der Waals surface area (Å²) >= 11 is 0. The van der Waals surface area contributed by atoms with Crippen LogP contribution in [0.5, 0.6) is 0 Å². The van der Waals surface area contributed by atoms with Gasteiger partial charge in [0.2, 0.25) is 5.91 Å². The summed E-state index contributed by atoms with van der Waals surface area (Å²) in [7, 11) is 0. The molecule has 1 aliphatic rings. The smallest absolute Gasteiger partial charge is 0.414 e. The SMILES string of the molecule is CC1(C)CCN(C(=O)O)C1=O. The zero-order chi connectivity index (χ0) is 8.65. The summed E-state index contributed by atoms with van der Waals surface area (Å²) in [5.41, 5.74) is -0.488. The molecule has 0 radical (unpaired) electrons.